The van der Waals surface area contributed by atoms with Gasteiger partial charge in [0.05, 0.1) is 5.02 Å². The number of nitrogens with two attached hydrogens (primary N) is 1. The first-order chi connectivity index (χ1) is 10.2. The second kappa shape index (κ2) is 6.52. The largest absolute Gasteiger partial charge is 0.370 e. The van der Waals surface area contributed by atoms with Crippen molar-refractivity contribution >= 4 is 27.5 Å². The fourth-order valence-electron chi connectivity index (χ4n) is 2.66. The Bertz CT molecular complexity index is 694. The summed E-state index contributed by atoms with van der Waals surface area (Å²) in [7, 11) is -3.82. The maximum Gasteiger partial charge on any atom is 0.244 e. The third-order valence-corrected chi connectivity index (χ3v) is 6.13. The van der Waals surface area contributed by atoms with E-state index >= 15 is 0 Å². The summed E-state index contributed by atoms with van der Waals surface area (Å²) in [6, 6.07) is 2.25. The van der Waals surface area contributed by atoms with E-state index < -0.39 is 21.7 Å². The Kier molecular flexibility index (Phi) is 5.09. The summed E-state index contributed by atoms with van der Waals surface area (Å²) in [4.78, 5) is 10.9. The molecule has 0 aromatic heterocycles. The normalized spacial score (nSPS) is 20.0. The Labute approximate surface area is 134 Å². The topological polar surface area (TPSA) is 80.5 Å². The van der Waals surface area contributed by atoms with Crippen LogP contribution < -0.4 is 5.73 Å². The van der Waals surface area contributed by atoms with Crippen molar-refractivity contribution in [1.82, 2.24) is 4.31 Å². The Hall–Kier alpha value is -1.18. The molecule has 2 N–H and O–H groups in total. The minimum absolute atomic E-state index is 0.0960. The summed E-state index contributed by atoms with van der Waals surface area (Å²) in [5.41, 5.74) is 5.40. The maximum atomic E-state index is 13.5. The number of carbonyl (C=O) groups is 1. The number of rotatable bonds is 4. The summed E-state index contributed by atoms with van der Waals surface area (Å²) < 4.78 is 40.2. The van der Waals surface area contributed by atoms with Gasteiger partial charge in [0.15, 0.2) is 0 Å². The van der Waals surface area contributed by atoms with Crippen LogP contribution in [0.2, 0.25) is 5.02 Å². The highest BCUT2D eigenvalue weighted by Gasteiger charge is 2.32. The minimum atomic E-state index is -3.82. The number of halogens is 2. The van der Waals surface area contributed by atoms with E-state index in [0.29, 0.717) is 13.0 Å². The molecule has 2 rings (SSSR count). The highest BCUT2D eigenvalue weighted by Crippen LogP contribution is 2.30. The smallest absolute Gasteiger partial charge is 0.244 e. The van der Waals surface area contributed by atoms with Crippen LogP contribution >= 0.6 is 11.6 Å². The van der Waals surface area contributed by atoms with Crippen molar-refractivity contribution in [2.45, 2.75) is 31.1 Å². The number of aryl methyl sites for hydroxylation is 1. The molecule has 1 saturated heterocycles. The van der Waals surface area contributed by atoms with Crippen molar-refractivity contribution in [2.75, 3.05) is 13.1 Å². The lowest BCUT2D eigenvalue weighted by Crippen LogP contribution is -2.41. The fraction of sp³-hybridized carbons (Fsp3) is 0.500. The molecule has 22 heavy (non-hydrogen) atoms. The van der Waals surface area contributed by atoms with E-state index in [2.05, 4.69) is 0 Å². The van der Waals surface area contributed by atoms with Gasteiger partial charge in [-0.1, -0.05) is 11.6 Å². The quantitative estimate of drug-likeness (QED) is 0.904. The second-order valence-electron chi connectivity index (χ2n) is 5.57. The van der Waals surface area contributed by atoms with E-state index in [-0.39, 0.29) is 34.4 Å². The molecule has 1 heterocycles. The summed E-state index contributed by atoms with van der Waals surface area (Å²) in [6.07, 6.45) is 1.56. The van der Waals surface area contributed by atoms with Gasteiger partial charge in [-0.05, 0) is 43.4 Å². The van der Waals surface area contributed by atoms with E-state index in [0.717, 1.165) is 12.5 Å². The fourth-order valence-corrected chi connectivity index (χ4v) is 4.79. The van der Waals surface area contributed by atoms with Gasteiger partial charge in [-0.3, -0.25) is 4.79 Å². The molecule has 122 valence electrons. The van der Waals surface area contributed by atoms with Gasteiger partial charge >= 0.3 is 0 Å². The molecule has 1 amide bonds. The van der Waals surface area contributed by atoms with E-state index in [4.69, 9.17) is 17.3 Å². The molecule has 1 aliphatic heterocycles. The number of amides is 1. The molecule has 0 bridgehead atoms. The lowest BCUT2D eigenvalue weighted by Gasteiger charge is -2.31. The van der Waals surface area contributed by atoms with Crippen LogP contribution in [0.15, 0.2) is 17.0 Å². The van der Waals surface area contributed by atoms with Gasteiger partial charge in [0, 0.05) is 19.5 Å². The highest BCUT2D eigenvalue weighted by atomic mass is 35.5. The molecular formula is C14H18ClFN2O3S. The van der Waals surface area contributed by atoms with E-state index in [1.165, 1.54) is 17.3 Å². The maximum absolute atomic E-state index is 13.5. The monoisotopic (exact) mass is 348 g/mol. The van der Waals surface area contributed by atoms with Gasteiger partial charge < -0.3 is 5.73 Å². The van der Waals surface area contributed by atoms with Crippen LogP contribution in [0, 0.1) is 18.7 Å². The second-order valence-corrected chi connectivity index (χ2v) is 7.89. The number of benzene rings is 1. The summed E-state index contributed by atoms with van der Waals surface area (Å²) in [6.45, 7) is 2.05. The van der Waals surface area contributed by atoms with Crippen LogP contribution in [-0.2, 0) is 14.8 Å². The number of primary amides is 1. The Morgan fingerprint density at radius 2 is 2.18 bits per heavy atom. The minimum Gasteiger partial charge on any atom is -0.370 e. The molecule has 1 unspecified atom stereocenters. The van der Waals surface area contributed by atoms with E-state index in [9.17, 15) is 17.6 Å². The number of hydrogen-bond donors (Lipinski definition) is 1. The number of carbonyl (C=O) groups excluding carboxylic acids is 1. The lowest BCUT2D eigenvalue weighted by atomic mass is 9.96. The predicted molar refractivity (Wildman–Crippen MR) is 81.4 cm³/mol. The first-order valence-electron chi connectivity index (χ1n) is 6.96. The van der Waals surface area contributed by atoms with Crippen molar-refractivity contribution in [1.29, 1.82) is 0 Å². The van der Waals surface area contributed by atoms with Crippen molar-refractivity contribution in [3.63, 3.8) is 0 Å². The molecule has 1 aromatic carbocycles. The molecule has 8 heteroatoms. The Morgan fingerprint density at radius 3 is 2.82 bits per heavy atom. The van der Waals surface area contributed by atoms with Crippen molar-refractivity contribution in [3.8, 4) is 0 Å². The molecule has 0 spiro atoms. The summed E-state index contributed by atoms with van der Waals surface area (Å²) in [5.74, 6) is -1.09. The van der Waals surface area contributed by atoms with Crippen molar-refractivity contribution in [3.05, 3.63) is 28.5 Å². The SMILES string of the molecule is Cc1cc(S(=O)(=O)N2CCCC(CC(N)=O)C2)c(Cl)cc1F. The zero-order chi connectivity index (χ0) is 16.5. The summed E-state index contributed by atoms with van der Waals surface area (Å²) >= 11 is 5.91. The standard InChI is InChI=1S/C14H18ClFN2O3S/c1-9-5-13(11(15)7-12(9)16)22(20,21)18-4-2-3-10(8-18)6-14(17)19/h5,7,10H,2-4,6,8H2,1H3,(H2,17,19). The number of nitrogens with zero attached hydrogens (tertiary/aromatic N) is 1. The van der Waals surface area contributed by atoms with Gasteiger partial charge in [-0.15, -0.1) is 0 Å². The van der Waals surface area contributed by atoms with Crippen molar-refractivity contribution in [2.24, 2.45) is 11.7 Å². The zero-order valence-corrected chi connectivity index (χ0v) is 13.8. The third-order valence-electron chi connectivity index (χ3n) is 3.80. The van der Waals surface area contributed by atoms with Crippen LogP contribution in [0.3, 0.4) is 0 Å². The van der Waals surface area contributed by atoms with Crippen LogP contribution in [-0.4, -0.2) is 31.7 Å². The van der Waals surface area contributed by atoms with Gasteiger partial charge in [0.1, 0.15) is 10.7 Å². The van der Waals surface area contributed by atoms with E-state index in [1.807, 2.05) is 0 Å². The first-order valence-corrected chi connectivity index (χ1v) is 8.77. The molecule has 1 aliphatic rings. The number of piperidine rings is 1. The van der Waals surface area contributed by atoms with Gasteiger partial charge in [0.25, 0.3) is 0 Å². The molecule has 1 aromatic rings. The molecule has 0 saturated carbocycles. The Balaban J connectivity index is 2.30. The zero-order valence-electron chi connectivity index (χ0n) is 12.2. The molecular weight excluding hydrogens is 331 g/mol. The van der Waals surface area contributed by atoms with Gasteiger partial charge in [-0.2, -0.15) is 4.31 Å². The number of sulfonamides is 1. The highest BCUT2D eigenvalue weighted by molar-refractivity contribution is 7.89. The lowest BCUT2D eigenvalue weighted by molar-refractivity contribution is -0.119. The van der Waals surface area contributed by atoms with Crippen LogP contribution in [0.5, 0.6) is 0 Å². The first kappa shape index (κ1) is 17.2. The Morgan fingerprint density at radius 1 is 1.50 bits per heavy atom. The molecule has 1 atom stereocenters. The van der Waals surface area contributed by atoms with Crippen LogP contribution in [0.4, 0.5) is 4.39 Å². The average Bonchev–Trinajstić information content (AvgIpc) is 2.42. The van der Waals surface area contributed by atoms with Gasteiger partial charge in [-0.25, -0.2) is 12.8 Å². The number of hydrogen-bond acceptors (Lipinski definition) is 3. The molecule has 0 aliphatic carbocycles. The summed E-state index contributed by atoms with van der Waals surface area (Å²) in [5, 5.41) is -0.139. The molecule has 5 nitrogen and oxygen atoms in total. The third kappa shape index (κ3) is 3.59. The molecule has 0 radical (unpaired) electrons. The predicted octanol–water partition coefficient (Wildman–Crippen LogP) is 2.06. The van der Waals surface area contributed by atoms with Gasteiger partial charge in [0.2, 0.25) is 15.9 Å². The molecule has 1 fully saturated rings. The van der Waals surface area contributed by atoms with E-state index in [1.54, 1.807) is 0 Å². The van der Waals surface area contributed by atoms with Crippen LogP contribution in [0.1, 0.15) is 24.8 Å². The average molecular weight is 349 g/mol. The van der Waals surface area contributed by atoms with Crippen molar-refractivity contribution < 1.29 is 17.6 Å². The van der Waals surface area contributed by atoms with Crippen LogP contribution in [0.25, 0.3) is 0 Å².